The van der Waals surface area contributed by atoms with Crippen LogP contribution >= 0.6 is 11.6 Å². The highest BCUT2D eigenvalue weighted by atomic mass is 35.5. The van der Waals surface area contributed by atoms with Gasteiger partial charge >= 0.3 is 0 Å². The second-order valence-electron chi connectivity index (χ2n) is 5.94. The minimum atomic E-state index is -0.0348. The van der Waals surface area contributed by atoms with Gasteiger partial charge in [-0.25, -0.2) is 4.98 Å². The first kappa shape index (κ1) is 16.0. The van der Waals surface area contributed by atoms with Crippen LogP contribution in [-0.2, 0) is 4.79 Å². The number of piperazine rings is 1. The summed E-state index contributed by atoms with van der Waals surface area (Å²) in [6.07, 6.45) is 0. The SMILES string of the molecule is Cc1nc(C(C)N2CCN(C)C(=O)C2)oc1-c1ccc(Cl)cc1. The van der Waals surface area contributed by atoms with E-state index in [9.17, 15) is 4.79 Å². The number of benzene rings is 1. The van der Waals surface area contributed by atoms with Gasteiger partial charge in [-0.15, -0.1) is 0 Å². The smallest absolute Gasteiger partial charge is 0.236 e. The molecular weight excluding hydrogens is 314 g/mol. The standard InChI is InChI=1S/C17H20ClN3O2/c1-11-16(13-4-6-14(18)7-5-13)23-17(19-11)12(2)21-9-8-20(3)15(22)10-21/h4-7,12H,8-10H2,1-3H3. The summed E-state index contributed by atoms with van der Waals surface area (Å²) in [6, 6.07) is 7.47. The number of rotatable bonds is 3. The first-order valence-electron chi connectivity index (χ1n) is 7.67. The van der Waals surface area contributed by atoms with Gasteiger partial charge in [0.1, 0.15) is 0 Å². The predicted octanol–water partition coefficient (Wildman–Crippen LogP) is 3.14. The van der Waals surface area contributed by atoms with Gasteiger partial charge in [-0.2, -0.15) is 0 Å². The number of nitrogens with zero attached hydrogens (tertiary/aromatic N) is 3. The Morgan fingerprint density at radius 2 is 1.96 bits per heavy atom. The Labute approximate surface area is 140 Å². The Balaban J connectivity index is 1.82. The second-order valence-corrected chi connectivity index (χ2v) is 6.37. The quantitative estimate of drug-likeness (QED) is 0.866. The molecule has 0 saturated carbocycles. The lowest BCUT2D eigenvalue weighted by Gasteiger charge is -2.34. The summed E-state index contributed by atoms with van der Waals surface area (Å²) in [7, 11) is 1.83. The summed E-state index contributed by atoms with van der Waals surface area (Å²) in [5, 5.41) is 0.690. The van der Waals surface area contributed by atoms with Crippen molar-refractivity contribution in [3.63, 3.8) is 0 Å². The van der Waals surface area contributed by atoms with E-state index in [1.165, 1.54) is 0 Å². The van der Waals surface area contributed by atoms with Gasteiger partial charge in [0.25, 0.3) is 0 Å². The average Bonchev–Trinajstić information content (AvgIpc) is 2.92. The third kappa shape index (κ3) is 3.26. The molecule has 0 aliphatic carbocycles. The number of amides is 1. The molecule has 23 heavy (non-hydrogen) atoms. The van der Waals surface area contributed by atoms with Crippen LogP contribution in [0.15, 0.2) is 28.7 Å². The average molecular weight is 334 g/mol. The maximum Gasteiger partial charge on any atom is 0.236 e. The summed E-state index contributed by atoms with van der Waals surface area (Å²) in [6.45, 7) is 5.90. The fourth-order valence-corrected chi connectivity index (χ4v) is 2.85. The van der Waals surface area contributed by atoms with Crippen LogP contribution in [0.25, 0.3) is 11.3 Å². The number of carbonyl (C=O) groups is 1. The summed E-state index contributed by atoms with van der Waals surface area (Å²) >= 11 is 5.93. The minimum absolute atomic E-state index is 0.0348. The van der Waals surface area contributed by atoms with Gasteiger partial charge in [0.15, 0.2) is 5.76 Å². The third-order valence-corrected chi connectivity index (χ3v) is 4.56. The Morgan fingerprint density at radius 3 is 2.61 bits per heavy atom. The molecule has 1 aliphatic heterocycles. The summed E-state index contributed by atoms with van der Waals surface area (Å²) in [5.41, 5.74) is 1.79. The zero-order valence-corrected chi connectivity index (χ0v) is 14.3. The molecule has 1 amide bonds. The largest absolute Gasteiger partial charge is 0.439 e. The molecule has 6 heteroatoms. The number of aryl methyl sites for hydroxylation is 1. The lowest BCUT2D eigenvalue weighted by atomic mass is 10.1. The molecule has 1 atom stereocenters. The first-order chi connectivity index (χ1) is 11.0. The highest BCUT2D eigenvalue weighted by Gasteiger charge is 2.28. The minimum Gasteiger partial charge on any atom is -0.439 e. The molecule has 0 N–H and O–H groups in total. The van der Waals surface area contributed by atoms with Crippen molar-refractivity contribution in [2.75, 3.05) is 26.7 Å². The van der Waals surface area contributed by atoms with Gasteiger partial charge in [0.05, 0.1) is 18.3 Å². The predicted molar refractivity (Wildman–Crippen MR) is 89.3 cm³/mol. The Kier molecular flexibility index (Phi) is 4.41. The molecule has 1 aromatic carbocycles. The van der Waals surface area contributed by atoms with Crippen molar-refractivity contribution in [2.24, 2.45) is 0 Å². The van der Waals surface area contributed by atoms with E-state index in [0.29, 0.717) is 17.5 Å². The van der Waals surface area contributed by atoms with Gasteiger partial charge in [0, 0.05) is 30.7 Å². The van der Waals surface area contributed by atoms with Gasteiger partial charge in [0.2, 0.25) is 11.8 Å². The van der Waals surface area contributed by atoms with E-state index in [4.69, 9.17) is 16.0 Å². The van der Waals surface area contributed by atoms with Crippen LogP contribution in [0.4, 0.5) is 0 Å². The van der Waals surface area contributed by atoms with Crippen molar-refractivity contribution < 1.29 is 9.21 Å². The first-order valence-corrected chi connectivity index (χ1v) is 8.05. The van der Waals surface area contributed by atoms with Gasteiger partial charge in [-0.1, -0.05) is 11.6 Å². The molecule has 2 aromatic rings. The lowest BCUT2D eigenvalue weighted by molar-refractivity contribution is -0.135. The molecule has 0 bridgehead atoms. The summed E-state index contributed by atoms with van der Waals surface area (Å²) in [5.74, 6) is 1.53. The molecule has 1 fully saturated rings. The van der Waals surface area contributed by atoms with Crippen molar-refractivity contribution >= 4 is 17.5 Å². The van der Waals surface area contributed by atoms with Gasteiger partial charge < -0.3 is 9.32 Å². The maximum atomic E-state index is 11.9. The van der Waals surface area contributed by atoms with Crippen LogP contribution in [-0.4, -0.2) is 47.4 Å². The van der Waals surface area contributed by atoms with Crippen LogP contribution in [0.2, 0.25) is 5.02 Å². The van der Waals surface area contributed by atoms with E-state index < -0.39 is 0 Å². The molecule has 3 rings (SSSR count). The van der Waals surface area contributed by atoms with Crippen LogP contribution < -0.4 is 0 Å². The Hall–Kier alpha value is -1.85. The number of carbonyl (C=O) groups excluding carboxylic acids is 1. The Bertz CT molecular complexity index is 711. The molecule has 122 valence electrons. The van der Waals surface area contributed by atoms with Crippen molar-refractivity contribution in [2.45, 2.75) is 19.9 Å². The monoisotopic (exact) mass is 333 g/mol. The highest BCUT2D eigenvalue weighted by molar-refractivity contribution is 6.30. The zero-order valence-electron chi connectivity index (χ0n) is 13.5. The molecule has 0 spiro atoms. The Morgan fingerprint density at radius 1 is 1.26 bits per heavy atom. The second kappa shape index (κ2) is 6.34. The van der Waals surface area contributed by atoms with E-state index in [2.05, 4.69) is 9.88 Å². The van der Waals surface area contributed by atoms with Gasteiger partial charge in [-0.05, 0) is 38.1 Å². The molecule has 1 unspecified atom stereocenters. The van der Waals surface area contributed by atoms with Crippen molar-refractivity contribution in [3.8, 4) is 11.3 Å². The highest BCUT2D eigenvalue weighted by Crippen LogP contribution is 2.30. The molecule has 1 aliphatic rings. The van der Waals surface area contributed by atoms with E-state index in [1.54, 1.807) is 4.90 Å². The van der Waals surface area contributed by atoms with E-state index >= 15 is 0 Å². The van der Waals surface area contributed by atoms with E-state index in [1.807, 2.05) is 45.2 Å². The zero-order chi connectivity index (χ0) is 16.6. The number of oxazole rings is 1. The maximum absolute atomic E-state index is 11.9. The van der Waals surface area contributed by atoms with Crippen LogP contribution in [0.5, 0.6) is 0 Å². The molecule has 1 aromatic heterocycles. The number of aromatic nitrogens is 1. The third-order valence-electron chi connectivity index (χ3n) is 4.31. The van der Waals surface area contributed by atoms with Crippen molar-refractivity contribution in [1.29, 1.82) is 0 Å². The molecule has 1 saturated heterocycles. The van der Waals surface area contributed by atoms with Crippen LogP contribution in [0.3, 0.4) is 0 Å². The molecule has 2 heterocycles. The number of hydrogen-bond acceptors (Lipinski definition) is 4. The lowest BCUT2D eigenvalue weighted by Crippen LogP contribution is -2.49. The number of halogens is 1. The summed E-state index contributed by atoms with van der Waals surface area (Å²) in [4.78, 5) is 20.3. The number of hydrogen-bond donors (Lipinski definition) is 0. The van der Waals surface area contributed by atoms with E-state index in [0.717, 1.165) is 30.1 Å². The van der Waals surface area contributed by atoms with Gasteiger partial charge in [-0.3, -0.25) is 9.69 Å². The molecule has 0 radical (unpaired) electrons. The fraction of sp³-hybridized carbons (Fsp3) is 0.412. The van der Waals surface area contributed by atoms with Crippen molar-refractivity contribution in [3.05, 3.63) is 40.9 Å². The normalized spacial score (nSPS) is 17.6. The van der Waals surface area contributed by atoms with E-state index in [-0.39, 0.29) is 11.9 Å². The molecular formula is C17H20ClN3O2. The van der Waals surface area contributed by atoms with Crippen LogP contribution in [0.1, 0.15) is 24.6 Å². The topological polar surface area (TPSA) is 49.6 Å². The van der Waals surface area contributed by atoms with Crippen molar-refractivity contribution in [1.82, 2.24) is 14.8 Å². The summed E-state index contributed by atoms with van der Waals surface area (Å²) < 4.78 is 6.00. The number of likely N-dealkylation sites (N-methyl/N-ethyl adjacent to an activating group) is 1. The molecule has 5 nitrogen and oxygen atoms in total. The fourth-order valence-electron chi connectivity index (χ4n) is 2.73. The van der Waals surface area contributed by atoms with Crippen LogP contribution in [0, 0.1) is 6.92 Å².